The Hall–Kier alpha value is -1.00. The summed E-state index contributed by atoms with van der Waals surface area (Å²) in [6.07, 6.45) is 0. The maximum atomic E-state index is 11.3. The Labute approximate surface area is 117 Å². The van der Waals surface area contributed by atoms with E-state index in [4.69, 9.17) is 14.0 Å². The van der Waals surface area contributed by atoms with Gasteiger partial charge in [-0.05, 0) is 4.90 Å². The molecular formula is C10H10MnNO5S-. The van der Waals surface area contributed by atoms with Crippen LogP contribution in [0.15, 0.2) is 29.2 Å². The first-order valence-corrected chi connectivity index (χ1v) is 5.24. The molecule has 0 atom stereocenters. The van der Waals surface area contributed by atoms with Crippen LogP contribution < -0.4 is 0 Å². The fourth-order valence-electron chi connectivity index (χ4n) is 0.739. The Morgan fingerprint density at radius 2 is 1.22 bits per heavy atom. The Balaban J connectivity index is -0.000000123. The summed E-state index contributed by atoms with van der Waals surface area (Å²) < 4.78 is 46.3. The molecule has 0 saturated carbocycles. The van der Waals surface area contributed by atoms with Crippen molar-refractivity contribution in [3.8, 4) is 0 Å². The second-order valence-electron chi connectivity index (χ2n) is 2.41. The Kier molecular flexibility index (Phi) is 22.9. The van der Waals surface area contributed by atoms with Gasteiger partial charge in [0.2, 0.25) is 0 Å². The zero-order valence-corrected chi connectivity index (χ0v) is 11.6. The molecule has 1 rings (SSSR count). The van der Waals surface area contributed by atoms with Crippen LogP contribution >= 0.6 is 0 Å². The van der Waals surface area contributed by atoms with E-state index in [-0.39, 0.29) is 17.1 Å². The summed E-state index contributed by atoms with van der Waals surface area (Å²) in [5, 5.41) is 0. The van der Waals surface area contributed by atoms with Gasteiger partial charge in [-0.3, -0.25) is 0 Å². The van der Waals surface area contributed by atoms with Crippen LogP contribution in [-0.4, -0.2) is 26.8 Å². The van der Waals surface area contributed by atoms with Crippen LogP contribution in [0.4, 0.5) is 0 Å². The Bertz CT molecular complexity index is 416. The molecule has 0 aliphatic rings. The zero-order chi connectivity index (χ0) is 14.5. The molecule has 0 N–H and O–H groups in total. The molecule has 0 amide bonds. The van der Waals surface area contributed by atoms with E-state index in [1.165, 1.54) is 18.4 Å². The van der Waals surface area contributed by atoms with E-state index in [1.54, 1.807) is 24.3 Å². The Morgan fingerprint density at radius 1 is 0.944 bits per heavy atom. The van der Waals surface area contributed by atoms with Crippen molar-refractivity contribution >= 4 is 10.0 Å². The van der Waals surface area contributed by atoms with Crippen LogP contribution in [0.25, 0.3) is 0 Å². The minimum atomic E-state index is -3.20. The van der Waals surface area contributed by atoms with Gasteiger partial charge in [0.1, 0.15) is 0 Å². The molecule has 0 saturated heterocycles. The van der Waals surface area contributed by atoms with Crippen molar-refractivity contribution in [2.75, 3.05) is 14.1 Å². The molecule has 0 heterocycles. The molecule has 0 fully saturated rings. The standard InChI is InChI=1S/C7H10NO2S.3CO.Mn/c1-8(2)11(9,10)7-5-3-4-6-7;3*1-2;/h3-6H,1-2H3;;;;/q-1;;;;. The van der Waals surface area contributed by atoms with Gasteiger partial charge in [-0.25, -0.2) is 24.9 Å². The van der Waals surface area contributed by atoms with Crippen LogP contribution in [0.5, 0.6) is 0 Å². The monoisotopic (exact) mass is 311 g/mol. The van der Waals surface area contributed by atoms with Gasteiger partial charge in [0.15, 0.2) is 10.0 Å². The molecule has 0 unspecified atom stereocenters. The maximum Gasteiger partial charge on any atom is 0 e. The summed E-state index contributed by atoms with van der Waals surface area (Å²) in [7, 11) is -0.168. The van der Waals surface area contributed by atoms with Gasteiger partial charge < -0.3 is 0 Å². The minimum Gasteiger partial charge on any atom is 0 e. The van der Waals surface area contributed by atoms with Gasteiger partial charge in [0.05, 0.1) is 0 Å². The molecule has 6 nitrogen and oxygen atoms in total. The molecule has 18 heavy (non-hydrogen) atoms. The summed E-state index contributed by atoms with van der Waals surface area (Å²) in [5.41, 5.74) is 0. The molecule has 0 aromatic heterocycles. The predicted octanol–water partition coefficient (Wildman–Crippen LogP) is 0.541. The summed E-state index contributed by atoms with van der Waals surface area (Å²) in [6, 6.07) is 6.57. The van der Waals surface area contributed by atoms with E-state index in [9.17, 15) is 8.42 Å². The molecule has 1 radical (unpaired) electrons. The average molecular weight is 311 g/mol. The van der Waals surface area contributed by atoms with Crippen LogP contribution in [0.1, 0.15) is 0 Å². The van der Waals surface area contributed by atoms with Gasteiger partial charge >= 0.3 is 33.9 Å². The van der Waals surface area contributed by atoms with E-state index in [0.717, 1.165) is 0 Å². The smallest absolute Gasteiger partial charge is 0 e. The fraction of sp³-hybridized carbons (Fsp3) is 0.200. The van der Waals surface area contributed by atoms with Gasteiger partial charge in [-0.2, -0.15) is 12.1 Å². The van der Waals surface area contributed by atoms with Gasteiger partial charge in [0.25, 0.3) is 0 Å². The van der Waals surface area contributed by atoms with Crippen LogP contribution in [0.2, 0.25) is 0 Å². The molecule has 8 heteroatoms. The predicted molar refractivity (Wildman–Crippen MR) is 54.7 cm³/mol. The normalized spacial score (nSPS) is 7.83. The summed E-state index contributed by atoms with van der Waals surface area (Å²) in [6.45, 7) is 13.5. The average Bonchev–Trinajstić information content (AvgIpc) is 2.91. The van der Waals surface area contributed by atoms with Crippen LogP contribution in [0.3, 0.4) is 0 Å². The fourth-order valence-corrected chi connectivity index (χ4v) is 1.66. The molecule has 99 valence electrons. The molecule has 0 bridgehead atoms. The first kappa shape index (κ1) is 25.8. The van der Waals surface area contributed by atoms with Crippen molar-refractivity contribution < 1.29 is 39.4 Å². The van der Waals surface area contributed by atoms with Crippen molar-refractivity contribution in [2.45, 2.75) is 4.90 Å². The number of nitrogens with zero attached hydrogens (tertiary/aromatic N) is 1. The van der Waals surface area contributed by atoms with Crippen molar-refractivity contribution in [3.63, 3.8) is 0 Å². The summed E-state index contributed by atoms with van der Waals surface area (Å²) >= 11 is 0. The zero-order valence-electron chi connectivity index (χ0n) is 9.58. The molecular weight excluding hydrogens is 301 g/mol. The van der Waals surface area contributed by atoms with E-state index in [0.29, 0.717) is 4.90 Å². The van der Waals surface area contributed by atoms with Crippen molar-refractivity contribution in [3.05, 3.63) is 44.2 Å². The topological polar surface area (TPSA) is 97.1 Å². The van der Waals surface area contributed by atoms with Crippen molar-refractivity contribution in [1.29, 1.82) is 0 Å². The molecule has 0 aliphatic heterocycles. The van der Waals surface area contributed by atoms with E-state index in [2.05, 4.69) is 20.0 Å². The third-order valence-corrected chi connectivity index (χ3v) is 3.24. The first-order chi connectivity index (χ1) is 8.05. The van der Waals surface area contributed by atoms with Crippen LogP contribution in [-0.2, 0) is 41.0 Å². The third-order valence-electron chi connectivity index (χ3n) is 1.41. The SMILES string of the molecule is CN(C)S(=O)(=O)[c-]1cccc1.[C-]#[O+].[C-]#[O+].[C-]#[O+].[Mn]. The maximum absolute atomic E-state index is 11.3. The second-order valence-corrected chi connectivity index (χ2v) is 4.56. The number of sulfonamides is 1. The molecule has 0 aliphatic carbocycles. The van der Waals surface area contributed by atoms with Gasteiger partial charge in [-0.1, -0.05) is 0 Å². The third kappa shape index (κ3) is 9.07. The van der Waals surface area contributed by atoms with Crippen molar-refractivity contribution in [1.82, 2.24) is 4.31 Å². The largest absolute Gasteiger partial charge is 0 e. The minimum absolute atomic E-state index is 0. The van der Waals surface area contributed by atoms with E-state index < -0.39 is 10.0 Å². The molecule has 1 aromatic carbocycles. The second kappa shape index (κ2) is 16.0. The van der Waals surface area contributed by atoms with Gasteiger partial charge in [-0.15, -0.1) is 0 Å². The van der Waals surface area contributed by atoms with Crippen molar-refractivity contribution in [2.24, 2.45) is 0 Å². The summed E-state index contributed by atoms with van der Waals surface area (Å²) in [4.78, 5) is 0.350. The quantitative estimate of drug-likeness (QED) is 0.452. The molecule has 0 spiro atoms. The Morgan fingerprint density at radius 3 is 1.44 bits per heavy atom. The van der Waals surface area contributed by atoms with Gasteiger partial charge in [0, 0.05) is 31.2 Å². The van der Waals surface area contributed by atoms with E-state index >= 15 is 0 Å². The summed E-state index contributed by atoms with van der Waals surface area (Å²) in [5.74, 6) is 0. The first-order valence-electron chi connectivity index (χ1n) is 3.80. The number of hydrogen-bond acceptors (Lipinski definition) is 2. The van der Waals surface area contributed by atoms with Crippen LogP contribution in [0, 0.1) is 20.0 Å². The van der Waals surface area contributed by atoms with E-state index in [1.807, 2.05) is 0 Å². The number of hydrogen-bond donors (Lipinski definition) is 0. The molecule has 1 aromatic rings. The number of rotatable bonds is 2.